The molecule has 0 bridgehead atoms. The Morgan fingerprint density at radius 3 is 1.00 bits per heavy atom. The zero-order valence-electron chi connectivity index (χ0n) is 19.9. The van der Waals surface area contributed by atoms with E-state index in [9.17, 15) is 0 Å². The molecule has 0 fully saturated rings. The Morgan fingerprint density at radius 2 is 0.718 bits per heavy atom. The van der Waals surface area contributed by atoms with Crippen LogP contribution in [-0.2, 0) is 0 Å². The van der Waals surface area contributed by atoms with Gasteiger partial charge >= 0.3 is 0 Å². The van der Waals surface area contributed by atoms with Crippen molar-refractivity contribution in [3.63, 3.8) is 0 Å². The van der Waals surface area contributed by atoms with Crippen molar-refractivity contribution in [3.05, 3.63) is 113 Å². The van der Waals surface area contributed by atoms with Crippen LogP contribution in [0, 0.1) is 6.92 Å². The van der Waals surface area contributed by atoms with Gasteiger partial charge in [-0.1, -0.05) is 208 Å². The lowest BCUT2D eigenvalue weighted by molar-refractivity contribution is 1.38. The van der Waals surface area contributed by atoms with Crippen LogP contribution in [0.4, 0.5) is 0 Å². The Balaban J connectivity index is 2.26. The second kappa shape index (κ2) is 14.3. The lowest BCUT2D eigenvalue weighted by Gasteiger charge is -2.36. The fourth-order valence-corrected chi connectivity index (χ4v) is 15.4. The van der Waals surface area contributed by atoms with Crippen molar-refractivity contribution in [1.82, 2.24) is 0 Å². The van der Waals surface area contributed by atoms with Gasteiger partial charge < -0.3 is 0 Å². The van der Waals surface area contributed by atoms with Gasteiger partial charge in [0.25, 0.3) is 0 Å². The Labute approximate surface area is 314 Å². The molecule has 0 unspecified atom stereocenters. The molecule has 0 saturated carbocycles. The van der Waals surface area contributed by atoms with Gasteiger partial charge in [-0.2, -0.15) is 0 Å². The molecule has 0 aliphatic carbocycles. The molecule has 0 N–H and O–H groups in total. The molecule has 0 aromatic heterocycles. The average molecular weight is 1180 g/mol. The van der Waals surface area contributed by atoms with Gasteiger partial charge in [-0.05, 0) is 74.2 Å². The zero-order chi connectivity index (χ0) is 28.6. The largest absolute Gasteiger partial charge is 0.179 e. The first-order valence-electron chi connectivity index (χ1n) is 11.4. The van der Waals surface area contributed by atoms with Gasteiger partial charge in [-0.15, -0.1) is 0 Å². The predicted octanol–water partition coefficient (Wildman–Crippen LogP) is 11.8. The number of aryl methyl sites for hydroxylation is 1. The van der Waals surface area contributed by atoms with Crippen LogP contribution >= 0.6 is 159 Å². The van der Waals surface area contributed by atoms with Crippen molar-refractivity contribution in [2.24, 2.45) is 0 Å². The number of benzene rings is 4. The Kier molecular flexibility index (Phi) is 12.4. The normalized spacial score (nSPS) is 12.2. The van der Waals surface area contributed by atoms with Crippen LogP contribution in [0.1, 0.15) is 33.5 Å². The first-order chi connectivity index (χ1) is 18.4. The minimum absolute atomic E-state index is 0.00237. The molecule has 4 rings (SSSR count). The van der Waals surface area contributed by atoms with Crippen LogP contribution in [0.3, 0.4) is 0 Å². The van der Waals surface area contributed by atoms with Gasteiger partial charge in [0.2, 0.25) is 0 Å². The highest BCUT2D eigenvalue weighted by molar-refractivity contribution is 9.24. The van der Waals surface area contributed by atoms with E-state index in [1.165, 1.54) is 26.3 Å². The number of alkyl halides is 6. The van der Waals surface area contributed by atoms with E-state index in [1.807, 2.05) is 0 Å². The van der Waals surface area contributed by atoms with Gasteiger partial charge in [-0.25, -0.2) is 0 Å². The van der Waals surface area contributed by atoms with E-state index in [0.29, 0.717) is 0 Å². The first kappa shape index (κ1) is 33.8. The molecule has 0 heterocycles. The molecule has 0 amide bonds. The van der Waals surface area contributed by atoms with Gasteiger partial charge in [-0.3, -0.25) is 0 Å². The quantitative estimate of drug-likeness (QED) is 0.0983. The van der Waals surface area contributed by atoms with Crippen LogP contribution in [0.5, 0.6) is 0 Å². The van der Waals surface area contributed by atoms with Crippen LogP contribution in [-0.4, -0.2) is 8.07 Å². The van der Waals surface area contributed by atoms with E-state index in [1.54, 1.807) is 0 Å². The lowest BCUT2D eigenvalue weighted by atomic mass is 10.2. The smallest absolute Gasteiger partial charge is 0.0712 e. The fourth-order valence-electron chi connectivity index (χ4n) is 4.71. The van der Waals surface area contributed by atoms with Crippen LogP contribution in [0.25, 0.3) is 0 Å². The summed E-state index contributed by atoms with van der Waals surface area (Å²) in [7, 11) is -2.86. The summed E-state index contributed by atoms with van der Waals surface area (Å²) < 4.78 is 4.26. The number of hydrogen-bond donors (Lipinski definition) is 0. The summed E-state index contributed by atoms with van der Waals surface area (Å²) in [4.78, 5) is 0. The van der Waals surface area contributed by atoms with Crippen molar-refractivity contribution >= 4 is 188 Å². The number of hydrogen-bond acceptors (Lipinski definition) is 0. The summed E-state index contributed by atoms with van der Waals surface area (Å²) >= 11 is 37.7. The average Bonchev–Trinajstić information content (AvgIpc) is 2.88. The highest BCUT2D eigenvalue weighted by Gasteiger charge is 2.43. The lowest BCUT2D eigenvalue weighted by Crippen LogP contribution is -2.75. The second-order valence-electron chi connectivity index (χ2n) is 8.82. The second-order valence-corrected chi connectivity index (χ2v) is 25.2. The predicted molar refractivity (Wildman–Crippen MR) is 207 cm³/mol. The summed E-state index contributed by atoms with van der Waals surface area (Å²) in [6, 6.07) is 27.2. The highest BCUT2D eigenvalue weighted by Crippen LogP contribution is 2.37. The molecule has 0 atom stereocenters. The first-order valence-corrected chi connectivity index (χ1v) is 22.0. The molecule has 204 valence electrons. The third-order valence-corrected chi connectivity index (χ3v) is 17.3. The summed E-state index contributed by atoms with van der Waals surface area (Å²) in [6.07, 6.45) is 0. The third-order valence-electron chi connectivity index (χ3n) is 6.58. The van der Waals surface area contributed by atoms with E-state index >= 15 is 0 Å². The summed E-state index contributed by atoms with van der Waals surface area (Å²) in [5, 5.41) is 5.16. The van der Waals surface area contributed by atoms with Crippen LogP contribution in [0.15, 0.2) is 90.7 Å². The molecule has 39 heavy (non-hydrogen) atoms. The minimum atomic E-state index is -2.86. The van der Waals surface area contributed by atoms with Crippen molar-refractivity contribution in [3.8, 4) is 0 Å². The van der Waals surface area contributed by atoms with Gasteiger partial charge in [0.05, 0.1) is 11.2 Å². The van der Waals surface area contributed by atoms with Crippen molar-refractivity contribution in [2.45, 2.75) is 18.1 Å². The molecular formula is C28H18Br10Si. The Hall–Kier alpha value is 1.90. The molecular weight excluding hydrogens is 1160 g/mol. The summed E-state index contributed by atoms with van der Waals surface area (Å²) in [5.41, 5.74) is 4.63. The van der Waals surface area contributed by atoms with Gasteiger partial charge in [0.1, 0.15) is 0 Å². The highest BCUT2D eigenvalue weighted by atomic mass is 79.9. The molecule has 0 aliphatic heterocycles. The minimum Gasteiger partial charge on any atom is -0.0712 e. The molecule has 0 spiro atoms. The molecule has 11 heteroatoms. The standard InChI is InChI=1S/C28H18Br10Si/c1-14-10-15(2-6-22(14)29)39(16-3-7-23(30)19(11-16)26(33)34,17-4-8-24(31)20(12-17)27(35)36)18-5-9-25(32)21(13-18)28(37)38/h2-13,26-28H,1H3. The van der Waals surface area contributed by atoms with Crippen molar-refractivity contribution in [1.29, 1.82) is 0 Å². The van der Waals surface area contributed by atoms with E-state index in [-0.39, 0.29) is 11.2 Å². The Morgan fingerprint density at radius 1 is 0.436 bits per heavy atom. The van der Waals surface area contributed by atoms with E-state index < -0.39 is 8.07 Å². The van der Waals surface area contributed by atoms with Gasteiger partial charge in [0, 0.05) is 17.9 Å². The number of halogens is 10. The van der Waals surface area contributed by atoms with Crippen LogP contribution in [0.2, 0.25) is 0 Å². The van der Waals surface area contributed by atoms with Gasteiger partial charge in [0.15, 0.2) is 8.07 Å². The third kappa shape index (κ3) is 7.09. The molecule has 0 nitrogen and oxygen atoms in total. The van der Waals surface area contributed by atoms with Crippen LogP contribution < -0.4 is 20.7 Å². The SMILES string of the molecule is Cc1cc([Si](c2ccc(Br)c(C(Br)Br)c2)(c2ccc(Br)c(C(Br)Br)c2)c2ccc(Br)c(C(Br)Br)c2)ccc1Br. The molecule has 0 aliphatic rings. The summed E-state index contributed by atoms with van der Waals surface area (Å²) in [5.74, 6) is 0. The zero-order valence-corrected chi connectivity index (χ0v) is 36.8. The Bertz CT molecular complexity index is 1380. The van der Waals surface area contributed by atoms with E-state index in [0.717, 1.165) is 34.6 Å². The molecule has 0 radical (unpaired) electrons. The fraction of sp³-hybridized carbons (Fsp3) is 0.143. The van der Waals surface area contributed by atoms with E-state index in [4.69, 9.17) is 0 Å². The molecule has 4 aromatic carbocycles. The summed E-state index contributed by atoms with van der Waals surface area (Å²) in [6.45, 7) is 2.16. The maximum atomic E-state index is 3.78. The molecule has 0 saturated heterocycles. The maximum absolute atomic E-state index is 3.78. The van der Waals surface area contributed by atoms with Crippen molar-refractivity contribution in [2.75, 3.05) is 0 Å². The monoisotopic (exact) mass is 1170 g/mol. The topological polar surface area (TPSA) is 0 Å². The maximum Gasteiger partial charge on any atom is 0.179 e. The molecule has 4 aromatic rings. The van der Waals surface area contributed by atoms with E-state index in [2.05, 4.69) is 239 Å². The van der Waals surface area contributed by atoms with Crippen molar-refractivity contribution < 1.29 is 0 Å². The number of rotatable bonds is 7.